The number of hydrogen-bond acceptors (Lipinski definition) is 6. The molecule has 1 aliphatic heterocycles. The van der Waals surface area contributed by atoms with Gasteiger partial charge in [-0.25, -0.2) is 4.68 Å². The highest BCUT2D eigenvalue weighted by atomic mass is 32.1. The second-order valence-corrected chi connectivity index (χ2v) is 7.96. The molecule has 0 saturated heterocycles. The first-order valence-corrected chi connectivity index (χ1v) is 10.7. The molecule has 0 unspecified atom stereocenters. The van der Waals surface area contributed by atoms with Gasteiger partial charge in [-0.2, -0.15) is 5.10 Å². The highest BCUT2D eigenvalue weighted by Crippen LogP contribution is 2.33. The van der Waals surface area contributed by atoms with E-state index in [1.54, 1.807) is 25.5 Å². The van der Waals surface area contributed by atoms with Crippen LogP contribution < -0.4 is 19.0 Å². The maximum atomic E-state index is 5.51. The van der Waals surface area contributed by atoms with Crippen LogP contribution in [-0.4, -0.2) is 31.3 Å². The molecule has 31 heavy (non-hydrogen) atoms. The molecule has 0 amide bonds. The van der Waals surface area contributed by atoms with Gasteiger partial charge in [0.05, 0.1) is 18.5 Å². The fourth-order valence-corrected chi connectivity index (χ4v) is 4.38. The van der Waals surface area contributed by atoms with E-state index in [2.05, 4.69) is 34.6 Å². The molecule has 156 valence electrons. The van der Waals surface area contributed by atoms with Crippen molar-refractivity contribution in [1.82, 2.24) is 4.68 Å². The fraction of sp³-hybridized carbons (Fsp3) is 0.167. The van der Waals surface area contributed by atoms with Gasteiger partial charge in [0.1, 0.15) is 5.75 Å². The van der Waals surface area contributed by atoms with Crippen molar-refractivity contribution in [3.8, 4) is 28.5 Å². The summed E-state index contributed by atoms with van der Waals surface area (Å²) in [6.07, 6.45) is 0. The monoisotopic (exact) mass is 431 g/mol. The molecule has 0 aliphatic carbocycles. The Bertz CT molecular complexity index is 1380. The Morgan fingerprint density at radius 2 is 1.81 bits per heavy atom. The van der Waals surface area contributed by atoms with Crippen molar-refractivity contribution in [3.63, 3.8) is 0 Å². The molecule has 3 aromatic carbocycles. The molecule has 0 radical (unpaired) electrons. The lowest BCUT2D eigenvalue weighted by Crippen LogP contribution is -2.13. The summed E-state index contributed by atoms with van der Waals surface area (Å²) in [5.41, 5.74) is 3.90. The van der Waals surface area contributed by atoms with Gasteiger partial charge in [0.15, 0.2) is 11.5 Å². The predicted octanol–water partition coefficient (Wildman–Crippen LogP) is 4.91. The molecular weight excluding hydrogens is 410 g/mol. The van der Waals surface area contributed by atoms with Gasteiger partial charge >= 0.3 is 0 Å². The van der Waals surface area contributed by atoms with Gasteiger partial charge in [-0.1, -0.05) is 18.2 Å². The summed E-state index contributed by atoms with van der Waals surface area (Å²) in [5.74, 6) is 2.35. The van der Waals surface area contributed by atoms with Crippen LogP contribution in [0.1, 0.15) is 12.5 Å². The number of hydrogen-bond donors (Lipinski definition) is 0. The van der Waals surface area contributed by atoms with Crippen LogP contribution in [0.3, 0.4) is 0 Å². The third-order valence-corrected chi connectivity index (χ3v) is 6.17. The lowest BCUT2D eigenvalue weighted by Gasteiger charge is -2.08. The van der Waals surface area contributed by atoms with Crippen LogP contribution in [0.4, 0.5) is 0 Å². The minimum Gasteiger partial charge on any atom is -0.497 e. The normalized spacial score (nSPS) is 13.8. The van der Waals surface area contributed by atoms with E-state index in [1.165, 1.54) is 0 Å². The lowest BCUT2D eigenvalue weighted by molar-refractivity contribution is 0.174. The molecule has 0 N–H and O–H groups in total. The molecule has 5 rings (SSSR count). The Hall–Kier alpha value is -3.58. The number of benzene rings is 3. The van der Waals surface area contributed by atoms with Crippen LogP contribution >= 0.6 is 11.3 Å². The van der Waals surface area contributed by atoms with E-state index in [0.717, 1.165) is 55.4 Å². The van der Waals surface area contributed by atoms with Gasteiger partial charge in [0.25, 0.3) is 0 Å². The molecule has 6 nitrogen and oxygen atoms in total. The standard InChI is InChI=1S/C24H21N3O3S/c1-15(16-7-9-22-23(12-16)30-14-29-22)26-27-21(13-31-24(27)25-2)19-5-4-18-11-20(28-3)8-6-17(18)10-19/h4-13H,14H2,1-3H3. The van der Waals surface area contributed by atoms with Crippen molar-refractivity contribution in [2.75, 3.05) is 21.0 Å². The summed E-state index contributed by atoms with van der Waals surface area (Å²) in [6, 6.07) is 18.3. The third kappa shape index (κ3) is 3.57. The van der Waals surface area contributed by atoms with Crippen LogP contribution in [0.5, 0.6) is 17.2 Å². The SMILES string of the molecule is CN=c1scc(-c2ccc3cc(OC)ccc3c2)n1N=C(C)c1ccc2c(c1)OCO2. The number of thiazole rings is 1. The summed E-state index contributed by atoms with van der Waals surface area (Å²) in [5, 5.41) is 9.26. The first kappa shape index (κ1) is 19.4. The summed E-state index contributed by atoms with van der Waals surface area (Å²) in [4.78, 5) is 5.24. The van der Waals surface area contributed by atoms with Crippen molar-refractivity contribution < 1.29 is 14.2 Å². The van der Waals surface area contributed by atoms with Crippen molar-refractivity contribution in [1.29, 1.82) is 0 Å². The van der Waals surface area contributed by atoms with E-state index in [-0.39, 0.29) is 6.79 Å². The summed E-state index contributed by atoms with van der Waals surface area (Å²) in [6.45, 7) is 2.24. The Kier molecular flexibility index (Phi) is 4.95. The first-order chi connectivity index (χ1) is 15.2. The molecule has 0 bridgehead atoms. The largest absolute Gasteiger partial charge is 0.497 e. The predicted molar refractivity (Wildman–Crippen MR) is 123 cm³/mol. The van der Waals surface area contributed by atoms with Crippen molar-refractivity contribution in [2.45, 2.75) is 6.92 Å². The van der Waals surface area contributed by atoms with Gasteiger partial charge in [-0.15, -0.1) is 11.3 Å². The highest BCUT2D eigenvalue weighted by Gasteiger charge is 2.15. The molecule has 0 atom stereocenters. The van der Waals surface area contributed by atoms with Gasteiger partial charge in [0, 0.05) is 23.6 Å². The molecule has 0 spiro atoms. The van der Waals surface area contributed by atoms with Crippen molar-refractivity contribution >= 4 is 27.8 Å². The molecule has 7 heteroatoms. The minimum atomic E-state index is 0.255. The number of aromatic nitrogens is 1. The van der Waals surface area contributed by atoms with Crippen LogP contribution in [0.25, 0.3) is 22.0 Å². The number of fused-ring (bicyclic) bond motifs is 2. The fourth-order valence-electron chi connectivity index (χ4n) is 3.59. The van der Waals surface area contributed by atoms with Gasteiger partial charge in [0.2, 0.25) is 11.6 Å². The molecule has 1 aliphatic rings. The zero-order valence-electron chi connectivity index (χ0n) is 17.5. The molecule has 0 fully saturated rings. The summed E-state index contributed by atoms with van der Waals surface area (Å²) >= 11 is 1.56. The Morgan fingerprint density at radius 1 is 1.00 bits per heavy atom. The maximum Gasteiger partial charge on any atom is 0.231 e. The summed E-state index contributed by atoms with van der Waals surface area (Å²) in [7, 11) is 3.46. The smallest absolute Gasteiger partial charge is 0.231 e. The number of methoxy groups -OCH3 is 1. The molecule has 2 heterocycles. The van der Waals surface area contributed by atoms with E-state index >= 15 is 0 Å². The highest BCUT2D eigenvalue weighted by molar-refractivity contribution is 7.07. The zero-order valence-corrected chi connectivity index (χ0v) is 18.3. The second kappa shape index (κ2) is 7.92. The van der Waals surface area contributed by atoms with Gasteiger partial charge in [-0.3, -0.25) is 4.99 Å². The Morgan fingerprint density at radius 3 is 2.65 bits per heavy atom. The summed E-state index contributed by atoms with van der Waals surface area (Å²) < 4.78 is 18.2. The lowest BCUT2D eigenvalue weighted by atomic mass is 10.1. The maximum absolute atomic E-state index is 5.51. The third-order valence-electron chi connectivity index (χ3n) is 5.26. The Labute approximate surface area is 183 Å². The minimum absolute atomic E-state index is 0.255. The molecule has 0 saturated carbocycles. The number of ether oxygens (including phenoxy) is 3. The quantitative estimate of drug-likeness (QED) is 0.432. The average molecular weight is 432 g/mol. The van der Waals surface area contributed by atoms with E-state index in [9.17, 15) is 0 Å². The van der Waals surface area contributed by atoms with Crippen LogP contribution in [0, 0.1) is 0 Å². The van der Waals surface area contributed by atoms with E-state index in [4.69, 9.17) is 19.3 Å². The van der Waals surface area contributed by atoms with Gasteiger partial charge < -0.3 is 14.2 Å². The number of nitrogens with zero attached hydrogens (tertiary/aromatic N) is 3. The number of rotatable bonds is 4. The topological polar surface area (TPSA) is 57.3 Å². The first-order valence-electron chi connectivity index (χ1n) is 9.83. The van der Waals surface area contributed by atoms with Crippen LogP contribution in [0.15, 0.2) is 70.1 Å². The van der Waals surface area contributed by atoms with E-state index in [1.807, 2.05) is 41.9 Å². The Balaban J connectivity index is 1.58. The van der Waals surface area contributed by atoms with E-state index < -0.39 is 0 Å². The van der Waals surface area contributed by atoms with Crippen molar-refractivity contribution in [3.05, 3.63) is 70.3 Å². The van der Waals surface area contributed by atoms with E-state index in [0.29, 0.717) is 0 Å². The van der Waals surface area contributed by atoms with Gasteiger partial charge in [-0.05, 0) is 54.1 Å². The second-order valence-electron chi connectivity index (χ2n) is 7.12. The molecular formula is C24H21N3O3S. The average Bonchev–Trinajstić information content (AvgIpc) is 3.44. The van der Waals surface area contributed by atoms with Crippen molar-refractivity contribution in [2.24, 2.45) is 10.1 Å². The zero-order chi connectivity index (χ0) is 21.4. The molecule has 1 aromatic heterocycles. The van der Waals surface area contributed by atoms with Crippen LogP contribution in [-0.2, 0) is 0 Å². The van der Waals surface area contributed by atoms with Crippen LogP contribution in [0.2, 0.25) is 0 Å². The molecule has 4 aromatic rings.